The number of carbonyl (C=O) groups excluding carboxylic acids is 2. The molecular formula is C23H27N3O5. The second kappa shape index (κ2) is 9.16. The van der Waals surface area contributed by atoms with E-state index in [4.69, 9.17) is 4.74 Å². The SMILES string of the molecule is Cc1cc(C(=O)COC(=O)Cn2c(=O)[nH]c(=O)c3ccccc32)c(C)n1CCC(C)C. The summed E-state index contributed by atoms with van der Waals surface area (Å²) in [7, 11) is 0. The first kappa shape index (κ1) is 22.3. The van der Waals surface area contributed by atoms with Crippen LogP contribution in [0.2, 0.25) is 0 Å². The Morgan fingerprint density at radius 2 is 1.81 bits per heavy atom. The van der Waals surface area contributed by atoms with Gasteiger partial charge in [-0.3, -0.25) is 23.9 Å². The third-order valence-corrected chi connectivity index (χ3v) is 5.36. The summed E-state index contributed by atoms with van der Waals surface area (Å²) in [6.45, 7) is 8.14. The van der Waals surface area contributed by atoms with Gasteiger partial charge in [0.15, 0.2) is 6.61 Å². The number of H-pyrrole nitrogens is 1. The van der Waals surface area contributed by atoms with Crippen LogP contribution in [0.1, 0.15) is 42.0 Å². The van der Waals surface area contributed by atoms with Gasteiger partial charge in [0.25, 0.3) is 5.56 Å². The molecule has 31 heavy (non-hydrogen) atoms. The van der Waals surface area contributed by atoms with Crippen molar-refractivity contribution in [3.8, 4) is 0 Å². The predicted molar refractivity (Wildman–Crippen MR) is 117 cm³/mol. The molecule has 0 spiro atoms. The molecule has 0 aliphatic carbocycles. The van der Waals surface area contributed by atoms with Crippen LogP contribution >= 0.6 is 0 Å². The number of hydrogen-bond acceptors (Lipinski definition) is 5. The lowest BCUT2D eigenvalue weighted by atomic mass is 10.1. The number of benzene rings is 1. The minimum Gasteiger partial charge on any atom is -0.456 e. The third-order valence-electron chi connectivity index (χ3n) is 5.36. The number of ketones is 1. The molecule has 8 nitrogen and oxygen atoms in total. The van der Waals surface area contributed by atoms with Crippen LogP contribution in [-0.2, 0) is 22.6 Å². The average molecular weight is 425 g/mol. The van der Waals surface area contributed by atoms with E-state index in [1.54, 1.807) is 24.3 Å². The minimum atomic E-state index is -0.735. The summed E-state index contributed by atoms with van der Waals surface area (Å²) in [5.41, 5.74) is 1.46. The Labute approximate surface area is 179 Å². The number of carbonyl (C=O) groups is 2. The Hall–Kier alpha value is -3.42. The summed E-state index contributed by atoms with van der Waals surface area (Å²) < 4.78 is 8.37. The van der Waals surface area contributed by atoms with E-state index in [1.807, 2.05) is 19.9 Å². The van der Waals surface area contributed by atoms with Crippen LogP contribution in [0.15, 0.2) is 39.9 Å². The monoisotopic (exact) mass is 425 g/mol. The normalized spacial score (nSPS) is 11.3. The standard InChI is InChI=1S/C23H27N3O5/c1-14(2)9-10-25-15(3)11-18(16(25)4)20(27)13-31-21(28)12-26-19-8-6-5-7-17(19)22(29)24-23(26)30/h5-8,11,14H,9-10,12-13H2,1-4H3,(H,24,29,30). The second-order valence-corrected chi connectivity index (χ2v) is 8.07. The fraction of sp³-hybridized carbons (Fsp3) is 0.391. The Morgan fingerprint density at radius 3 is 2.52 bits per heavy atom. The van der Waals surface area contributed by atoms with Gasteiger partial charge in [-0.25, -0.2) is 4.79 Å². The Morgan fingerprint density at radius 1 is 1.10 bits per heavy atom. The predicted octanol–water partition coefficient (Wildman–Crippen LogP) is 2.58. The fourth-order valence-corrected chi connectivity index (χ4v) is 3.61. The largest absolute Gasteiger partial charge is 0.456 e. The number of hydrogen-bond donors (Lipinski definition) is 1. The van der Waals surface area contributed by atoms with Crippen LogP contribution in [0.3, 0.4) is 0 Å². The number of esters is 1. The quantitative estimate of drug-likeness (QED) is 0.441. The number of aromatic amines is 1. The van der Waals surface area contributed by atoms with E-state index >= 15 is 0 Å². The lowest BCUT2D eigenvalue weighted by Crippen LogP contribution is -2.33. The summed E-state index contributed by atoms with van der Waals surface area (Å²) in [5, 5.41) is 0.291. The van der Waals surface area contributed by atoms with Crippen LogP contribution in [-0.4, -0.2) is 32.5 Å². The molecule has 0 aliphatic heterocycles. The molecule has 0 amide bonds. The number of nitrogens with zero attached hydrogens (tertiary/aromatic N) is 2. The van der Waals surface area contributed by atoms with Crippen LogP contribution in [0.25, 0.3) is 10.9 Å². The molecule has 0 aliphatic rings. The maximum absolute atomic E-state index is 12.6. The van der Waals surface area contributed by atoms with E-state index < -0.39 is 30.4 Å². The van der Waals surface area contributed by atoms with E-state index in [-0.39, 0.29) is 5.78 Å². The molecule has 0 fully saturated rings. The molecule has 2 aromatic heterocycles. The molecule has 0 radical (unpaired) electrons. The molecular weight excluding hydrogens is 398 g/mol. The molecule has 2 heterocycles. The summed E-state index contributed by atoms with van der Waals surface area (Å²) in [6, 6.07) is 8.29. The first-order chi connectivity index (χ1) is 14.7. The van der Waals surface area contributed by atoms with Crippen molar-refractivity contribution in [2.75, 3.05) is 6.61 Å². The van der Waals surface area contributed by atoms with E-state index in [1.165, 1.54) is 0 Å². The van der Waals surface area contributed by atoms with Crippen molar-refractivity contribution in [2.24, 2.45) is 5.92 Å². The van der Waals surface area contributed by atoms with Gasteiger partial charge < -0.3 is 9.30 Å². The number of Topliss-reactive ketones (excluding diaryl/α,β-unsaturated/α-hetero) is 1. The summed E-state index contributed by atoms with van der Waals surface area (Å²) in [4.78, 5) is 51.3. The number of ether oxygens (including phenoxy) is 1. The Kier molecular flexibility index (Phi) is 6.58. The second-order valence-electron chi connectivity index (χ2n) is 8.07. The molecule has 1 N–H and O–H groups in total. The van der Waals surface area contributed by atoms with E-state index in [0.29, 0.717) is 22.4 Å². The third kappa shape index (κ3) is 4.84. The highest BCUT2D eigenvalue weighted by molar-refractivity contribution is 5.99. The van der Waals surface area contributed by atoms with Gasteiger partial charge in [0.1, 0.15) is 6.54 Å². The first-order valence-corrected chi connectivity index (χ1v) is 10.3. The Bertz CT molecular complexity index is 1250. The van der Waals surface area contributed by atoms with Gasteiger partial charge >= 0.3 is 11.7 Å². The van der Waals surface area contributed by atoms with Crippen molar-refractivity contribution in [1.29, 1.82) is 0 Å². The van der Waals surface area contributed by atoms with Crippen molar-refractivity contribution in [1.82, 2.24) is 14.1 Å². The van der Waals surface area contributed by atoms with Crippen LogP contribution in [0.4, 0.5) is 0 Å². The van der Waals surface area contributed by atoms with Gasteiger partial charge in [-0.15, -0.1) is 0 Å². The van der Waals surface area contributed by atoms with E-state index in [2.05, 4.69) is 23.4 Å². The lowest BCUT2D eigenvalue weighted by Gasteiger charge is -2.11. The van der Waals surface area contributed by atoms with Crippen molar-refractivity contribution in [3.63, 3.8) is 0 Å². The number of para-hydroxylation sites is 1. The van der Waals surface area contributed by atoms with Gasteiger partial charge in [0.2, 0.25) is 5.78 Å². The molecule has 0 saturated carbocycles. The van der Waals surface area contributed by atoms with Gasteiger partial charge in [-0.1, -0.05) is 26.0 Å². The summed E-state index contributed by atoms with van der Waals surface area (Å²) >= 11 is 0. The number of nitrogens with one attached hydrogen (secondary N) is 1. The zero-order valence-electron chi connectivity index (χ0n) is 18.2. The first-order valence-electron chi connectivity index (χ1n) is 10.3. The fourth-order valence-electron chi connectivity index (χ4n) is 3.61. The maximum atomic E-state index is 12.6. The molecule has 0 bridgehead atoms. The maximum Gasteiger partial charge on any atom is 0.329 e. The lowest BCUT2D eigenvalue weighted by molar-refractivity contribution is -0.143. The van der Waals surface area contributed by atoms with Crippen LogP contribution in [0.5, 0.6) is 0 Å². The number of rotatable bonds is 8. The number of fused-ring (bicyclic) bond motifs is 1. The molecule has 3 rings (SSSR count). The highest BCUT2D eigenvalue weighted by Crippen LogP contribution is 2.18. The van der Waals surface area contributed by atoms with E-state index in [0.717, 1.165) is 28.9 Å². The molecule has 1 aromatic carbocycles. The number of aromatic nitrogens is 3. The van der Waals surface area contributed by atoms with Crippen molar-refractivity contribution in [2.45, 2.75) is 47.2 Å². The number of aryl methyl sites for hydroxylation is 1. The zero-order valence-corrected chi connectivity index (χ0v) is 18.2. The highest BCUT2D eigenvalue weighted by Gasteiger charge is 2.18. The van der Waals surface area contributed by atoms with Gasteiger partial charge in [-0.2, -0.15) is 0 Å². The highest BCUT2D eigenvalue weighted by atomic mass is 16.5. The van der Waals surface area contributed by atoms with Crippen molar-refractivity contribution < 1.29 is 14.3 Å². The van der Waals surface area contributed by atoms with Crippen LogP contribution in [0, 0.1) is 19.8 Å². The van der Waals surface area contributed by atoms with Crippen molar-refractivity contribution in [3.05, 3.63) is 68.1 Å². The summed E-state index contributed by atoms with van der Waals surface area (Å²) in [6.07, 6.45) is 1.00. The molecule has 0 atom stereocenters. The molecule has 3 aromatic rings. The molecule has 8 heteroatoms. The summed E-state index contributed by atoms with van der Waals surface area (Å²) in [5.74, 6) is -0.481. The Balaban J connectivity index is 1.71. The zero-order chi connectivity index (χ0) is 22.7. The smallest absolute Gasteiger partial charge is 0.329 e. The molecule has 164 valence electrons. The topological polar surface area (TPSA) is 103 Å². The van der Waals surface area contributed by atoms with Crippen LogP contribution < -0.4 is 11.2 Å². The van der Waals surface area contributed by atoms with E-state index in [9.17, 15) is 19.2 Å². The molecule has 0 unspecified atom stereocenters. The van der Waals surface area contributed by atoms with Gasteiger partial charge in [-0.05, 0) is 44.4 Å². The van der Waals surface area contributed by atoms with Crippen molar-refractivity contribution >= 4 is 22.7 Å². The van der Waals surface area contributed by atoms with Gasteiger partial charge in [0, 0.05) is 23.5 Å². The average Bonchev–Trinajstić information content (AvgIpc) is 3.01. The van der Waals surface area contributed by atoms with Gasteiger partial charge in [0.05, 0.1) is 10.9 Å². The minimum absolute atomic E-state index is 0.291. The molecule has 0 saturated heterocycles.